The molecule has 1 saturated heterocycles. The van der Waals surface area contributed by atoms with Crippen LogP contribution >= 0.6 is 0 Å². The summed E-state index contributed by atoms with van der Waals surface area (Å²) >= 11 is 0. The number of hydrogen-bond acceptors (Lipinski definition) is 5. The molecule has 1 heterocycles. The van der Waals surface area contributed by atoms with Gasteiger partial charge in [0.25, 0.3) is 0 Å². The average Bonchev–Trinajstić information content (AvgIpc) is 2.79. The second kappa shape index (κ2) is 10.3. The van der Waals surface area contributed by atoms with Crippen molar-refractivity contribution < 1.29 is 23.5 Å². The van der Waals surface area contributed by atoms with Gasteiger partial charge in [0, 0.05) is 18.0 Å². The van der Waals surface area contributed by atoms with Crippen molar-refractivity contribution >= 4 is 11.9 Å². The minimum absolute atomic E-state index is 0.0622. The highest BCUT2D eigenvalue weighted by Crippen LogP contribution is 2.26. The molecule has 0 saturated carbocycles. The summed E-state index contributed by atoms with van der Waals surface area (Å²) in [4.78, 5) is 26.6. The van der Waals surface area contributed by atoms with Gasteiger partial charge in [-0.05, 0) is 67.7 Å². The topological polar surface area (TPSA) is 55.8 Å². The van der Waals surface area contributed by atoms with Gasteiger partial charge in [-0.3, -0.25) is 9.69 Å². The third-order valence-corrected chi connectivity index (χ3v) is 5.68. The zero-order chi connectivity index (χ0) is 21.5. The number of halogens is 1. The lowest BCUT2D eigenvalue weighted by molar-refractivity contribution is 0.0161. The van der Waals surface area contributed by atoms with Crippen LogP contribution in [0.1, 0.15) is 47.4 Å². The molecule has 0 radical (unpaired) electrons. The first-order valence-electron chi connectivity index (χ1n) is 10.4. The number of likely N-dealkylation sites (tertiary alicyclic amines) is 1. The molecule has 1 atom stereocenters. The molecule has 0 amide bonds. The first kappa shape index (κ1) is 22.0. The molecule has 2 aromatic carbocycles. The fourth-order valence-corrected chi connectivity index (χ4v) is 3.81. The van der Waals surface area contributed by atoms with Gasteiger partial charge in [0.05, 0.1) is 7.11 Å². The largest absolute Gasteiger partial charge is 0.508 e. The summed E-state index contributed by atoms with van der Waals surface area (Å²) in [6.45, 7) is 4.09. The molecule has 0 spiro atoms. The van der Waals surface area contributed by atoms with Crippen LogP contribution in [0.25, 0.3) is 0 Å². The molecular weight excluding hydrogens is 385 g/mol. The van der Waals surface area contributed by atoms with Gasteiger partial charge in [-0.2, -0.15) is 0 Å². The fourth-order valence-electron chi connectivity index (χ4n) is 3.81. The third-order valence-electron chi connectivity index (χ3n) is 5.68. The summed E-state index contributed by atoms with van der Waals surface area (Å²) in [5, 5.41) is 0. The van der Waals surface area contributed by atoms with Gasteiger partial charge in [-0.25, -0.2) is 9.18 Å². The van der Waals surface area contributed by atoms with E-state index >= 15 is 0 Å². The Hall–Kier alpha value is -2.73. The lowest BCUT2D eigenvalue weighted by Gasteiger charge is -2.33. The smallest absolute Gasteiger partial charge is 0.438 e. The summed E-state index contributed by atoms with van der Waals surface area (Å²) in [5.74, 6) is -0.354. The van der Waals surface area contributed by atoms with Crippen LogP contribution in [0.2, 0.25) is 0 Å². The Labute approximate surface area is 176 Å². The average molecular weight is 413 g/mol. The van der Waals surface area contributed by atoms with Gasteiger partial charge in [-0.1, -0.05) is 31.2 Å². The Bertz CT molecular complexity index is 843. The van der Waals surface area contributed by atoms with Crippen LogP contribution in [-0.2, 0) is 15.9 Å². The van der Waals surface area contributed by atoms with Crippen molar-refractivity contribution in [3.63, 3.8) is 0 Å². The predicted octanol–water partition coefficient (Wildman–Crippen LogP) is 4.81. The van der Waals surface area contributed by atoms with E-state index in [4.69, 9.17) is 9.47 Å². The number of carbonyl (C=O) groups excluding carboxylic acids is 2. The van der Waals surface area contributed by atoms with Crippen molar-refractivity contribution in [3.05, 3.63) is 71.0 Å². The fraction of sp³-hybridized carbons (Fsp3) is 0.417. The highest BCUT2D eigenvalue weighted by molar-refractivity contribution is 5.97. The second-order valence-electron chi connectivity index (χ2n) is 7.60. The number of methoxy groups -OCH3 is 1. The maximum absolute atomic E-state index is 13.1. The summed E-state index contributed by atoms with van der Waals surface area (Å²) in [7, 11) is 1.30. The normalized spacial score (nSPS) is 16.1. The maximum atomic E-state index is 13.1. The highest BCUT2D eigenvalue weighted by Gasteiger charge is 2.28. The number of ether oxygens (including phenoxy) is 2. The number of benzene rings is 2. The molecule has 2 aromatic rings. The molecule has 3 rings (SSSR count). The molecule has 5 nitrogen and oxygen atoms in total. The first-order valence-corrected chi connectivity index (χ1v) is 10.4. The van der Waals surface area contributed by atoms with Crippen molar-refractivity contribution in [1.82, 2.24) is 4.90 Å². The summed E-state index contributed by atoms with van der Waals surface area (Å²) in [6, 6.07) is 13.8. The van der Waals surface area contributed by atoms with Crippen molar-refractivity contribution in [3.8, 4) is 0 Å². The van der Waals surface area contributed by atoms with Crippen LogP contribution in [0, 0.1) is 11.7 Å². The van der Waals surface area contributed by atoms with E-state index in [0.29, 0.717) is 12.1 Å². The molecular formula is C24H28FNO4. The Morgan fingerprint density at radius 2 is 1.70 bits per heavy atom. The molecule has 0 bridgehead atoms. The van der Waals surface area contributed by atoms with Crippen LogP contribution in [0.4, 0.5) is 9.18 Å². The molecule has 0 aromatic heterocycles. The standard InChI is InChI=1S/C24H28FNO4/c1-3-17-4-6-18(7-5-17)22(30-24(28)29-2)16-26-14-12-20(13-15-26)23(27)19-8-10-21(25)11-9-19/h4-11,20,22H,3,12-16H2,1-2H3. The maximum Gasteiger partial charge on any atom is 0.508 e. The number of rotatable bonds is 7. The molecule has 1 unspecified atom stereocenters. The van der Waals surface area contributed by atoms with Gasteiger partial charge >= 0.3 is 6.16 Å². The van der Waals surface area contributed by atoms with Crippen LogP contribution in [-0.4, -0.2) is 43.6 Å². The summed E-state index contributed by atoms with van der Waals surface area (Å²) in [5.41, 5.74) is 2.69. The van der Waals surface area contributed by atoms with Gasteiger partial charge in [0.15, 0.2) is 5.78 Å². The van der Waals surface area contributed by atoms with Crippen LogP contribution < -0.4 is 0 Å². The highest BCUT2D eigenvalue weighted by atomic mass is 19.1. The number of Topliss-reactive ketones (excluding diaryl/α,β-unsaturated/α-hetero) is 1. The Kier molecular flexibility index (Phi) is 7.57. The van der Waals surface area contributed by atoms with Crippen LogP contribution in [0.3, 0.4) is 0 Å². The molecule has 1 fully saturated rings. The Balaban J connectivity index is 1.61. The number of nitrogens with zero attached hydrogens (tertiary/aromatic N) is 1. The molecule has 1 aliphatic heterocycles. The zero-order valence-electron chi connectivity index (χ0n) is 17.5. The molecule has 0 N–H and O–H groups in total. The molecule has 6 heteroatoms. The Morgan fingerprint density at radius 3 is 2.27 bits per heavy atom. The molecule has 0 aliphatic carbocycles. The second-order valence-corrected chi connectivity index (χ2v) is 7.60. The minimum Gasteiger partial charge on any atom is -0.438 e. The third kappa shape index (κ3) is 5.66. The zero-order valence-corrected chi connectivity index (χ0v) is 17.5. The van der Waals surface area contributed by atoms with E-state index in [2.05, 4.69) is 11.8 Å². The summed E-state index contributed by atoms with van der Waals surface area (Å²) < 4.78 is 23.3. The van der Waals surface area contributed by atoms with Gasteiger partial charge in [0.2, 0.25) is 0 Å². The lowest BCUT2D eigenvalue weighted by atomic mass is 9.88. The van der Waals surface area contributed by atoms with E-state index in [1.807, 2.05) is 24.3 Å². The SMILES string of the molecule is CCc1ccc(C(CN2CCC(C(=O)c3ccc(F)cc3)CC2)OC(=O)OC)cc1. The number of hydrogen-bond donors (Lipinski definition) is 0. The number of aryl methyl sites for hydroxylation is 1. The quantitative estimate of drug-likeness (QED) is 0.482. The van der Waals surface area contributed by atoms with E-state index in [1.54, 1.807) is 12.1 Å². The van der Waals surface area contributed by atoms with Gasteiger partial charge in [0.1, 0.15) is 11.9 Å². The van der Waals surface area contributed by atoms with Crippen molar-refractivity contribution in [2.45, 2.75) is 32.3 Å². The molecule has 1 aliphatic rings. The van der Waals surface area contributed by atoms with E-state index < -0.39 is 12.3 Å². The number of piperidine rings is 1. The molecule has 160 valence electrons. The molecule has 30 heavy (non-hydrogen) atoms. The first-order chi connectivity index (χ1) is 14.5. The van der Waals surface area contributed by atoms with Crippen LogP contribution in [0.5, 0.6) is 0 Å². The predicted molar refractivity (Wildman–Crippen MR) is 112 cm³/mol. The summed E-state index contributed by atoms with van der Waals surface area (Å²) in [6.07, 6.45) is 1.23. The van der Waals surface area contributed by atoms with Crippen molar-refractivity contribution in [1.29, 1.82) is 0 Å². The number of carbonyl (C=O) groups is 2. The Morgan fingerprint density at radius 1 is 1.07 bits per heavy atom. The van der Waals surface area contributed by atoms with Gasteiger partial charge < -0.3 is 9.47 Å². The van der Waals surface area contributed by atoms with Gasteiger partial charge in [-0.15, -0.1) is 0 Å². The van der Waals surface area contributed by atoms with E-state index in [9.17, 15) is 14.0 Å². The van der Waals surface area contributed by atoms with Crippen molar-refractivity contribution in [2.24, 2.45) is 5.92 Å². The monoisotopic (exact) mass is 413 g/mol. The lowest BCUT2D eigenvalue weighted by Crippen LogP contribution is -2.39. The minimum atomic E-state index is -0.707. The number of ketones is 1. The van der Waals surface area contributed by atoms with Crippen LogP contribution in [0.15, 0.2) is 48.5 Å². The van der Waals surface area contributed by atoms with E-state index in [-0.39, 0.29) is 17.5 Å². The van der Waals surface area contributed by atoms with E-state index in [0.717, 1.165) is 37.9 Å². The van der Waals surface area contributed by atoms with Crippen molar-refractivity contribution in [2.75, 3.05) is 26.7 Å². The van der Waals surface area contributed by atoms with E-state index in [1.165, 1.54) is 24.8 Å².